The van der Waals surface area contributed by atoms with Crippen molar-refractivity contribution in [1.29, 1.82) is 0 Å². The van der Waals surface area contributed by atoms with E-state index < -0.39 is 0 Å². The fourth-order valence-electron chi connectivity index (χ4n) is 1.58. The van der Waals surface area contributed by atoms with Gasteiger partial charge in [0.1, 0.15) is 0 Å². The summed E-state index contributed by atoms with van der Waals surface area (Å²) in [6, 6.07) is 9.04. The van der Waals surface area contributed by atoms with Crippen LogP contribution >= 0.6 is 15.9 Å². The van der Waals surface area contributed by atoms with Crippen LogP contribution < -0.4 is 5.32 Å². The molecule has 1 N–H and O–H groups in total. The molecule has 0 aliphatic heterocycles. The monoisotopic (exact) mass is 255 g/mol. The van der Waals surface area contributed by atoms with E-state index in [1.165, 1.54) is 16.5 Å². The van der Waals surface area contributed by atoms with Crippen LogP contribution in [-0.2, 0) is 6.42 Å². The Morgan fingerprint density at radius 3 is 2.57 bits per heavy atom. The zero-order valence-electron chi connectivity index (χ0n) is 8.89. The van der Waals surface area contributed by atoms with Crippen LogP contribution in [0.25, 0.3) is 0 Å². The van der Waals surface area contributed by atoms with Crippen LogP contribution in [0.1, 0.15) is 25.8 Å². The van der Waals surface area contributed by atoms with Crippen molar-refractivity contribution in [2.45, 2.75) is 32.7 Å². The van der Waals surface area contributed by atoms with Gasteiger partial charge >= 0.3 is 0 Å². The van der Waals surface area contributed by atoms with E-state index in [-0.39, 0.29) is 0 Å². The van der Waals surface area contributed by atoms with E-state index in [0.717, 1.165) is 13.0 Å². The van der Waals surface area contributed by atoms with Gasteiger partial charge in [0.15, 0.2) is 0 Å². The number of halogens is 1. The minimum atomic E-state index is 0.596. The van der Waals surface area contributed by atoms with Crippen molar-refractivity contribution in [2.75, 3.05) is 6.54 Å². The first-order chi connectivity index (χ1) is 6.77. The molecule has 0 saturated carbocycles. The molecule has 1 rings (SSSR count). The lowest BCUT2D eigenvalue weighted by Crippen LogP contribution is -2.30. The zero-order chi connectivity index (χ0) is 10.4. The van der Waals surface area contributed by atoms with Gasteiger partial charge < -0.3 is 5.32 Å². The van der Waals surface area contributed by atoms with Gasteiger partial charge in [0.2, 0.25) is 0 Å². The third kappa shape index (κ3) is 3.43. The summed E-state index contributed by atoms with van der Waals surface area (Å²) in [5.41, 5.74) is 1.39. The highest BCUT2D eigenvalue weighted by Crippen LogP contribution is 2.18. The quantitative estimate of drug-likeness (QED) is 0.851. The first kappa shape index (κ1) is 11.7. The average Bonchev–Trinajstić information content (AvgIpc) is 2.20. The summed E-state index contributed by atoms with van der Waals surface area (Å²) in [6.45, 7) is 5.43. The molecule has 0 aliphatic carbocycles. The van der Waals surface area contributed by atoms with Gasteiger partial charge in [0.05, 0.1) is 0 Å². The molecule has 0 spiro atoms. The van der Waals surface area contributed by atoms with Crippen molar-refractivity contribution in [3.8, 4) is 0 Å². The SMILES string of the molecule is CCNC(CC)Cc1ccccc1Br. The van der Waals surface area contributed by atoms with Crippen LogP contribution in [0, 0.1) is 0 Å². The lowest BCUT2D eigenvalue weighted by molar-refractivity contribution is 0.509. The smallest absolute Gasteiger partial charge is 0.0207 e. The van der Waals surface area contributed by atoms with Gasteiger partial charge in [-0.15, -0.1) is 0 Å². The van der Waals surface area contributed by atoms with Gasteiger partial charge in [0, 0.05) is 10.5 Å². The average molecular weight is 256 g/mol. The fraction of sp³-hybridized carbons (Fsp3) is 0.500. The minimum absolute atomic E-state index is 0.596. The predicted octanol–water partition coefficient (Wildman–Crippen LogP) is 3.38. The van der Waals surface area contributed by atoms with Crippen LogP contribution in [0.15, 0.2) is 28.7 Å². The first-order valence-corrected chi connectivity index (χ1v) is 6.04. The number of nitrogens with one attached hydrogen (secondary N) is 1. The summed E-state index contributed by atoms with van der Waals surface area (Å²) in [4.78, 5) is 0. The third-order valence-electron chi connectivity index (χ3n) is 2.41. The van der Waals surface area contributed by atoms with Crippen LogP contribution in [0.4, 0.5) is 0 Å². The zero-order valence-corrected chi connectivity index (χ0v) is 10.5. The van der Waals surface area contributed by atoms with E-state index in [1.54, 1.807) is 0 Å². The molecular weight excluding hydrogens is 238 g/mol. The van der Waals surface area contributed by atoms with Crippen molar-refractivity contribution < 1.29 is 0 Å². The molecule has 0 radical (unpaired) electrons. The standard InChI is InChI=1S/C12H18BrN/c1-3-11(14-4-2)9-10-7-5-6-8-12(10)13/h5-8,11,14H,3-4,9H2,1-2H3. The summed E-state index contributed by atoms with van der Waals surface area (Å²) < 4.78 is 1.22. The molecule has 0 aliphatic rings. The van der Waals surface area contributed by atoms with Gasteiger partial charge in [-0.05, 0) is 31.0 Å². The molecule has 1 aromatic rings. The van der Waals surface area contributed by atoms with E-state index in [9.17, 15) is 0 Å². The second-order valence-electron chi connectivity index (χ2n) is 3.46. The van der Waals surface area contributed by atoms with Crippen LogP contribution in [0.2, 0.25) is 0 Å². The summed E-state index contributed by atoms with van der Waals surface area (Å²) in [5, 5.41) is 3.49. The lowest BCUT2D eigenvalue weighted by Gasteiger charge is -2.16. The number of rotatable bonds is 5. The topological polar surface area (TPSA) is 12.0 Å². The summed E-state index contributed by atoms with van der Waals surface area (Å²) in [6.07, 6.45) is 2.28. The molecule has 0 aromatic heterocycles. The molecule has 0 bridgehead atoms. The Hall–Kier alpha value is -0.340. The number of benzene rings is 1. The highest BCUT2D eigenvalue weighted by atomic mass is 79.9. The Kier molecular flexibility index (Phi) is 5.20. The molecule has 1 unspecified atom stereocenters. The van der Waals surface area contributed by atoms with Gasteiger partial charge in [-0.2, -0.15) is 0 Å². The molecular formula is C12H18BrN. The van der Waals surface area contributed by atoms with E-state index in [4.69, 9.17) is 0 Å². The predicted molar refractivity (Wildman–Crippen MR) is 65.6 cm³/mol. The fourth-order valence-corrected chi connectivity index (χ4v) is 2.03. The van der Waals surface area contributed by atoms with Crippen molar-refractivity contribution in [1.82, 2.24) is 5.32 Å². The second kappa shape index (κ2) is 6.20. The normalized spacial score (nSPS) is 12.8. The molecule has 14 heavy (non-hydrogen) atoms. The van der Waals surface area contributed by atoms with Crippen molar-refractivity contribution in [3.63, 3.8) is 0 Å². The van der Waals surface area contributed by atoms with Crippen molar-refractivity contribution >= 4 is 15.9 Å². The first-order valence-electron chi connectivity index (χ1n) is 5.24. The van der Waals surface area contributed by atoms with E-state index in [0.29, 0.717) is 6.04 Å². The number of hydrogen-bond donors (Lipinski definition) is 1. The minimum Gasteiger partial charge on any atom is -0.314 e. The van der Waals surface area contributed by atoms with E-state index in [1.807, 2.05) is 0 Å². The molecule has 0 amide bonds. The Bertz CT molecular complexity index is 273. The van der Waals surface area contributed by atoms with Gasteiger partial charge in [-0.25, -0.2) is 0 Å². The highest BCUT2D eigenvalue weighted by Gasteiger charge is 2.07. The summed E-state index contributed by atoms with van der Waals surface area (Å²) >= 11 is 3.58. The Morgan fingerprint density at radius 1 is 1.29 bits per heavy atom. The highest BCUT2D eigenvalue weighted by molar-refractivity contribution is 9.10. The van der Waals surface area contributed by atoms with E-state index in [2.05, 4.69) is 59.4 Å². The van der Waals surface area contributed by atoms with Crippen molar-refractivity contribution in [3.05, 3.63) is 34.3 Å². The molecule has 0 heterocycles. The van der Waals surface area contributed by atoms with Gasteiger partial charge in [-0.1, -0.05) is 48.0 Å². The second-order valence-corrected chi connectivity index (χ2v) is 4.31. The molecule has 78 valence electrons. The van der Waals surface area contributed by atoms with Crippen LogP contribution in [0.3, 0.4) is 0 Å². The van der Waals surface area contributed by atoms with E-state index >= 15 is 0 Å². The molecule has 1 nitrogen and oxygen atoms in total. The summed E-state index contributed by atoms with van der Waals surface area (Å²) in [5.74, 6) is 0. The Balaban J connectivity index is 2.62. The number of likely N-dealkylation sites (N-methyl/N-ethyl adjacent to an activating group) is 1. The molecule has 1 atom stereocenters. The van der Waals surface area contributed by atoms with Crippen molar-refractivity contribution in [2.24, 2.45) is 0 Å². The van der Waals surface area contributed by atoms with Crippen LogP contribution in [0.5, 0.6) is 0 Å². The Labute approximate surface area is 95.0 Å². The maximum absolute atomic E-state index is 3.58. The maximum Gasteiger partial charge on any atom is 0.0207 e. The Morgan fingerprint density at radius 2 is 2.00 bits per heavy atom. The molecule has 0 saturated heterocycles. The third-order valence-corrected chi connectivity index (χ3v) is 3.18. The molecule has 1 aromatic carbocycles. The number of hydrogen-bond acceptors (Lipinski definition) is 1. The van der Waals surface area contributed by atoms with Gasteiger partial charge in [-0.3, -0.25) is 0 Å². The summed E-state index contributed by atoms with van der Waals surface area (Å²) in [7, 11) is 0. The molecule has 0 fully saturated rings. The molecule has 2 heteroatoms. The largest absolute Gasteiger partial charge is 0.314 e. The van der Waals surface area contributed by atoms with Gasteiger partial charge in [0.25, 0.3) is 0 Å². The van der Waals surface area contributed by atoms with Crippen LogP contribution in [-0.4, -0.2) is 12.6 Å². The lowest BCUT2D eigenvalue weighted by atomic mass is 10.0. The maximum atomic E-state index is 3.58.